The molecule has 0 aliphatic rings. The van der Waals surface area contributed by atoms with Crippen LogP contribution in [0.25, 0.3) is 0 Å². The molecule has 2 N–H and O–H groups in total. The van der Waals surface area contributed by atoms with Crippen LogP contribution in [-0.4, -0.2) is 12.2 Å². The number of methoxy groups -OCH3 is 1. The van der Waals surface area contributed by atoms with Crippen LogP contribution in [0.4, 0.5) is 5.69 Å². The minimum Gasteiger partial charge on any atom is -0.497 e. The number of rotatable bonds is 4. The molecular weight excluding hydrogens is 372 g/mol. The van der Waals surface area contributed by atoms with E-state index in [9.17, 15) is 0 Å². The average molecular weight is 386 g/mol. The van der Waals surface area contributed by atoms with Crippen molar-refractivity contribution >= 4 is 50.5 Å². The van der Waals surface area contributed by atoms with E-state index in [2.05, 4.69) is 26.6 Å². The van der Waals surface area contributed by atoms with E-state index in [4.69, 9.17) is 28.6 Å². The van der Waals surface area contributed by atoms with Crippen molar-refractivity contribution in [3.8, 4) is 5.75 Å². The van der Waals surface area contributed by atoms with Gasteiger partial charge in [0.25, 0.3) is 0 Å². The van der Waals surface area contributed by atoms with E-state index in [1.54, 1.807) is 7.11 Å². The Morgan fingerprint density at radius 3 is 2.57 bits per heavy atom. The van der Waals surface area contributed by atoms with Crippen LogP contribution in [0.5, 0.6) is 5.75 Å². The van der Waals surface area contributed by atoms with Crippen LogP contribution in [0.15, 0.2) is 46.9 Å². The molecule has 0 fully saturated rings. The number of anilines is 1. The van der Waals surface area contributed by atoms with Crippen molar-refractivity contribution in [3.05, 3.63) is 57.5 Å². The Hall–Kier alpha value is -1.30. The Morgan fingerprint density at radius 1 is 1.24 bits per heavy atom. The monoisotopic (exact) mass is 384 g/mol. The van der Waals surface area contributed by atoms with Gasteiger partial charge in [0.05, 0.1) is 17.8 Å². The highest BCUT2D eigenvalue weighted by molar-refractivity contribution is 9.10. The molecule has 0 amide bonds. The Morgan fingerprint density at radius 2 is 1.95 bits per heavy atom. The number of hydrogen-bond acceptors (Lipinski definition) is 2. The predicted molar refractivity (Wildman–Crippen MR) is 95.2 cm³/mol. The van der Waals surface area contributed by atoms with Crippen molar-refractivity contribution < 1.29 is 4.74 Å². The summed E-state index contributed by atoms with van der Waals surface area (Å²) in [6.45, 7) is 0.629. The molecule has 0 aliphatic heterocycles. The van der Waals surface area contributed by atoms with Crippen LogP contribution in [0, 0.1) is 0 Å². The third kappa shape index (κ3) is 4.88. The van der Waals surface area contributed by atoms with Gasteiger partial charge in [-0.2, -0.15) is 0 Å². The molecule has 6 heteroatoms. The SMILES string of the molecule is COc1ccc(CNC(=S)Nc2ccc(Br)cc2Cl)cc1. The quantitative estimate of drug-likeness (QED) is 0.754. The first kappa shape index (κ1) is 16.1. The average Bonchev–Trinajstić information content (AvgIpc) is 2.48. The van der Waals surface area contributed by atoms with E-state index in [1.807, 2.05) is 42.5 Å². The molecule has 0 heterocycles. The topological polar surface area (TPSA) is 33.3 Å². The maximum Gasteiger partial charge on any atom is 0.171 e. The van der Waals surface area contributed by atoms with Gasteiger partial charge in [0.1, 0.15) is 5.75 Å². The van der Waals surface area contributed by atoms with Gasteiger partial charge in [-0.3, -0.25) is 0 Å². The van der Waals surface area contributed by atoms with Gasteiger partial charge >= 0.3 is 0 Å². The van der Waals surface area contributed by atoms with Crippen LogP contribution < -0.4 is 15.4 Å². The Labute approximate surface area is 142 Å². The summed E-state index contributed by atoms with van der Waals surface area (Å²) in [5, 5.41) is 7.34. The van der Waals surface area contributed by atoms with Gasteiger partial charge in [-0.15, -0.1) is 0 Å². The summed E-state index contributed by atoms with van der Waals surface area (Å²) in [4.78, 5) is 0. The first-order valence-electron chi connectivity index (χ1n) is 6.21. The minimum atomic E-state index is 0.523. The zero-order chi connectivity index (χ0) is 15.2. The van der Waals surface area contributed by atoms with Crippen LogP contribution in [0.2, 0.25) is 5.02 Å². The normalized spacial score (nSPS) is 10.0. The van der Waals surface area contributed by atoms with E-state index in [0.717, 1.165) is 21.5 Å². The first-order valence-corrected chi connectivity index (χ1v) is 7.79. The zero-order valence-electron chi connectivity index (χ0n) is 11.3. The third-order valence-electron chi connectivity index (χ3n) is 2.79. The van der Waals surface area contributed by atoms with Crippen molar-refractivity contribution in [2.75, 3.05) is 12.4 Å². The second-order valence-corrected chi connectivity index (χ2v) is 6.01. The molecule has 0 unspecified atom stereocenters. The van der Waals surface area contributed by atoms with E-state index in [0.29, 0.717) is 16.7 Å². The Bertz CT molecular complexity index is 634. The van der Waals surface area contributed by atoms with Gasteiger partial charge in [-0.05, 0) is 48.1 Å². The van der Waals surface area contributed by atoms with E-state index in [1.165, 1.54) is 0 Å². The molecule has 110 valence electrons. The fourth-order valence-electron chi connectivity index (χ4n) is 1.68. The molecule has 0 saturated carbocycles. The summed E-state index contributed by atoms with van der Waals surface area (Å²) in [5.74, 6) is 0.834. The number of ether oxygens (including phenoxy) is 1. The van der Waals surface area contributed by atoms with Gasteiger partial charge in [0.15, 0.2) is 5.11 Å². The van der Waals surface area contributed by atoms with Crippen molar-refractivity contribution in [1.82, 2.24) is 5.32 Å². The first-order chi connectivity index (χ1) is 10.1. The molecule has 2 aromatic carbocycles. The predicted octanol–water partition coefficient (Wildman–Crippen LogP) is 4.60. The molecule has 21 heavy (non-hydrogen) atoms. The van der Waals surface area contributed by atoms with E-state index < -0.39 is 0 Å². The summed E-state index contributed by atoms with van der Waals surface area (Å²) in [5.41, 5.74) is 1.88. The summed E-state index contributed by atoms with van der Waals surface area (Å²) in [7, 11) is 1.65. The summed E-state index contributed by atoms with van der Waals surface area (Å²) < 4.78 is 6.05. The molecule has 0 spiro atoms. The Balaban J connectivity index is 1.89. The van der Waals surface area contributed by atoms with Gasteiger partial charge in [-0.1, -0.05) is 39.7 Å². The maximum atomic E-state index is 6.13. The van der Waals surface area contributed by atoms with Gasteiger partial charge < -0.3 is 15.4 Å². The lowest BCUT2D eigenvalue weighted by Crippen LogP contribution is -2.27. The Kier molecular flexibility index (Phi) is 5.85. The molecule has 2 aromatic rings. The number of thiocarbonyl (C=S) groups is 1. The van der Waals surface area contributed by atoms with Crippen LogP contribution >= 0.6 is 39.7 Å². The van der Waals surface area contributed by atoms with Gasteiger partial charge in [-0.25, -0.2) is 0 Å². The smallest absolute Gasteiger partial charge is 0.171 e. The second kappa shape index (κ2) is 7.64. The van der Waals surface area contributed by atoms with Crippen LogP contribution in [0.3, 0.4) is 0 Å². The maximum absolute atomic E-state index is 6.13. The number of benzene rings is 2. The molecule has 0 aromatic heterocycles. The zero-order valence-corrected chi connectivity index (χ0v) is 14.5. The van der Waals surface area contributed by atoms with Crippen molar-refractivity contribution in [1.29, 1.82) is 0 Å². The molecule has 0 atom stereocenters. The molecular formula is C15H14BrClN2OS. The van der Waals surface area contributed by atoms with Gasteiger partial charge in [0, 0.05) is 11.0 Å². The lowest BCUT2D eigenvalue weighted by molar-refractivity contribution is 0.414. The van der Waals surface area contributed by atoms with Crippen LogP contribution in [-0.2, 0) is 6.54 Å². The third-order valence-corrected chi connectivity index (χ3v) is 3.84. The highest BCUT2D eigenvalue weighted by Gasteiger charge is 2.03. The summed E-state index contributed by atoms with van der Waals surface area (Å²) in [6.07, 6.45) is 0. The lowest BCUT2D eigenvalue weighted by Gasteiger charge is -2.12. The molecule has 3 nitrogen and oxygen atoms in total. The molecule has 0 saturated heterocycles. The van der Waals surface area contributed by atoms with Crippen molar-refractivity contribution in [2.45, 2.75) is 6.54 Å². The number of hydrogen-bond donors (Lipinski definition) is 2. The molecule has 0 bridgehead atoms. The summed E-state index contributed by atoms with van der Waals surface area (Å²) >= 11 is 14.8. The summed E-state index contributed by atoms with van der Waals surface area (Å²) in [6, 6.07) is 13.4. The van der Waals surface area contributed by atoms with Crippen molar-refractivity contribution in [3.63, 3.8) is 0 Å². The van der Waals surface area contributed by atoms with Crippen LogP contribution in [0.1, 0.15) is 5.56 Å². The van der Waals surface area contributed by atoms with Gasteiger partial charge in [0.2, 0.25) is 0 Å². The van der Waals surface area contributed by atoms with E-state index in [-0.39, 0.29) is 0 Å². The van der Waals surface area contributed by atoms with Crippen molar-refractivity contribution in [2.24, 2.45) is 0 Å². The standard InChI is InChI=1S/C15H14BrClN2OS/c1-20-12-5-2-10(3-6-12)9-18-15(21)19-14-7-4-11(16)8-13(14)17/h2-8H,9H2,1H3,(H2,18,19,21). The minimum absolute atomic E-state index is 0.523. The fourth-order valence-corrected chi connectivity index (χ4v) is 2.59. The number of nitrogens with one attached hydrogen (secondary N) is 2. The largest absolute Gasteiger partial charge is 0.497 e. The van der Waals surface area contributed by atoms with E-state index >= 15 is 0 Å². The fraction of sp³-hybridized carbons (Fsp3) is 0.133. The lowest BCUT2D eigenvalue weighted by atomic mass is 10.2. The highest BCUT2D eigenvalue weighted by atomic mass is 79.9. The second-order valence-electron chi connectivity index (χ2n) is 4.28. The molecule has 2 rings (SSSR count). The molecule has 0 radical (unpaired) electrons. The molecule has 0 aliphatic carbocycles. The highest BCUT2D eigenvalue weighted by Crippen LogP contribution is 2.25. The number of halogens is 2.